The van der Waals surface area contributed by atoms with Crippen molar-refractivity contribution in [3.63, 3.8) is 0 Å². The van der Waals surface area contributed by atoms with Crippen LogP contribution in [-0.2, 0) is 4.74 Å². The fourth-order valence-electron chi connectivity index (χ4n) is 4.70. The van der Waals surface area contributed by atoms with Crippen LogP contribution >= 0.6 is 0 Å². The number of guanidine groups is 1. The molecule has 6 heteroatoms. The average molecular weight is 382 g/mol. The van der Waals surface area contributed by atoms with Gasteiger partial charge >= 0.3 is 0 Å². The van der Waals surface area contributed by atoms with Crippen molar-refractivity contribution in [1.82, 2.24) is 20.4 Å². The second kappa shape index (κ2) is 11.2. The summed E-state index contributed by atoms with van der Waals surface area (Å²) in [5.41, 5.74) is 0.239. The van der Waals surface area contributed by atoms with Crippen LogP contribution in [0.15, 0.2) is 4.99 Å². The zero-order chi connectivity index (χ0) is 19.7. The minimum Gasteiger partial charge on any atom is -0.378 e. The fraction of sp³-hybridized carbons (Fsp3) is 0.952. The summed E-state index contributed by atoms with van der Waals surface area (Å²) in [5, 5.41) is 7.16. The Balaban J connectivity index is 1.86. The standard InChI is InChI=1S/C21H43N5O/c1-6-21(7-2)18(17-19(21)27-10-5)24-20(22-8-3)23-11-12-26-15-13-25(9-4)14-16-26/h18-19H,6-17H2,1-5H3,(H2,22,23,24). The molecular weight excluding hydrogens is 338 g/mol. The minimum absolute atomic E-state index is 0.239. The molecule has 0 aromatic rings. The van der Waals surface area contributed by atoms with Crippen LogP contribution in [-0.4, -0.2) is 86.9 Å². The van der Waals surface area contributed by atoms with Gasteiger partial charge in [-0.1, -0.05) is 20.8 Å². The van der Waals surface area contributed by atoms with Gasteiger partial charge < -0.3 is 20.3 Å². The molecule has 1 saturated carbocycles. The Bertz CT molecular complexity index is 444. The van der Waals surface area contributed by atoms with Gasteiger partial charge in [-0.3, -0.25) is 9.89 Å². The van der Waals surface area contributed by atoms with Gasteiger partial charge in [-0.2, -0.15) is 0 Å². The van der Waals surface area contributed by atoms with E-state index in [1.165, 1.54) is 32.7 Å². The topological polar surface area (TPSA) is 52.1 Å². The predicted molar refractivity (Wildman–Crippen MR) is 115 cm³/mol. The van der Waals surface area contributed by atoms with Crippen LogP contribution in [0.1, 0.15) is 53.9 Å². The number of aliphatic imine (C=N–C) groups is 1. The van der Waals surface area contributed by atoms with Crippen LogP contribution in [0.2, 0.25) is 0 Å². The van der Waals surface area contributed by atoms with E-state index in [2.05, 4.69) is 55.1 Å². The minimum atomic E-state index is 0.239. The Morgan fingerprint density at radius 3 is 2.26 bits per heavy atom. The van der Waals surface area contributed by atoms with E-state index < -0.39 is 0 Å². The lowest BCUT2D eigenvalue weighted by Crippen LogP contribution is -2.65. The maximum Gasteiger partial charge on any atom is 0.191 e. The number of nitrogens with zero attached hydrogens (tertiary/aromatic N) is 3. The molecule has 158 valence electrons. The van der Waals surface area contributed by atoms with E-state index in [1.807, 2.05) is 0 Å². The van der Waals surface area contributed by atoms with Crippen molar-refractivity contribution in [2.24, 2.45) is 10.4 Å². The molecule has 2 N–H and O–H groups in total. The average Bonchev–Trinajstić information content (AvgIpc) is 2.68. The van der Waals surface area contributed by atoms with Crippen molar-refractivity contribution in [1.29, 1.82) is 0 Å². The summed E-state index contributed by atoms with van der Waals surface area (Å²) < 4.78 is 6.01. The first-order valence-corrected chi connectivity index (χ1v) is 11.2. The maximum atomic E-state index is 6.01. The quantitative estimate of drug-likeness (QED) is 0.449. The van der Waals surface area contributed by atoms with E-state index in [0.717, 1.165) is 51.5 Å². The van der Waals surface area contributed by atoms with Crippen molar-refractivity contribution in [3.05, 3.63) is 0 Å². The van der Waals surface area contributed by atoms with Gasteiger partial charge in [0.05, 0.1) is 12.6 Å². The number of likely N-dealkylation sites (N-methyl/N-ethyl adjacent to an activating group) is 1. The predicted octanol–water partition coefficient (Wildman–Crippen LogP) is 2.16. The van der Waals surface area contributed by atoms with Crippen LogP contribution < -0.4 is 10.6 Å². The second-order valence-corrected chi connectivity index (χ2v) is 7.85. The smallest absolute Gasteiger partial charge is 0.191 e. The SMILES string of the molecule is CCNC(=NCCN1CCN(CC)CC1)NC1CC(OCC)C1(CC)CC. The first-order valence-electron chi connectivity index (χ1n) is 11.2. The zero-order valence-electron chi connectivity index (χ0n) is 18.4. The van der Waals surface area contributed by atoms with Crippen LogP contribution in [0.25, 0.3) is 0 Å². The Hall–Kier alpha value is -0.850. The molecule has 0 spiro atoms. The normalized spacial score (nSPS) is 26.6. The molecule has 0 aromatic heterocycles. The van der Waals surface area contributed by atoms with Gasteiger partial charge in [0.15, 0.2) is 5.96 Å². The molecule has 2 aliphatic rings. The molecule has 0 aromatic carbocycles. The third kappa shape index (κ3) is 5.58. The van der Waals surface area contributed by atoms with Gasteiger partial charge in [0, 0.05) is 57.3 Å². The molecule has 6 nitrogen and oxygen atoms in total. The van der Waals surface area contributed by atoms with Gasteiger partial charge in [0.25, 0.3) is 0 Å². The monoisotopic (exact) mass is 381 g/mol. The van der Waals surface area contributed by atoms with Gasteiger partial charge in [-0.05, 0) is 39.7 Å². The number of nitrogens with one attached hydrogen (secondary N) is 2. The number of piperazine rings is 1. The number of ether oxygens (including phenoxy) is 1. The molecule has 0 amide bonds. The van der Waals surface area contributed by atoms with E-state index in [0.29, 0.717) is 12.1 Å². The van der Waals surface area contributed by atoms with Gasteiger partial charge in [-0.15, -0.1) is 0 Å². The molecule has 2 rings (SSSR count). The van der Waals surface area contributed by atoms with Crippen molar-refractivity contribution in [2.45, 2.75) is 66.0 Å². The van der Waals surface area contributed by atoms with Crippen molar-refractivity contribution >= 4 is 5.96 Å². The molecule has 1 heterocycles. The highest BCUT2D eigenvalue weighted by atomic mass is 16.5. The lowest BCUT2D eigenvalue weighted by atomic mass is 9.58. The molecule has 0 bridgehead atoms. The summed E-state index contributed by atoms with van der Waals surface area (Å²) in [4.78, 5) is 9.93. The number of rotatable bonds is 10. The highest BCUT2D eigenvalue weighted by Crippen LogP contribution is 2.48. The zero-order valence-corrected chi connectivity index (χ0v) is 18.4. The molecule has 1 saturated heterocycles. The van der Waals surface area contributed by atoms with Gasteiger partial charge in [0.2, 0.25) is 0 Å². The lowest BCUT2D eigenvalue weighted by molar-refractivity contribution is -0.133. The summed E-state index contributed by atoms with van der Waals surface area (Å²) in [6.45, 7) is 20.6. The van der Waals surface area contributed by atoms with E-state index >= 15 is 0 Å². The van der Waals surface area contributed by atoms with Gasteiger partial charge in [-0.25, -0.2) is 0 Å². The second-order valence-electron chi connectivity index (χ2n) is 7.85. The van der Waals surface area contributed by atoms with Gasteiger partial charge in [0.1, 0.15) is 0 Å². The fourth-order valence-corrected chi connectivity index (χ4v) is 4.70. The molecular formula is C21H43N5O. The number of hydrogen-bond acceptors (Lipinski definition) is 4. The molecule has 0 radical (unpaired) electrons. The largest absolute Gasteiger partial charge is 0.378 e. The molecule has 2 fully saturated rings. The number of hydrogen-bond donors (Lipinski definition) is 2. The lowest BCUT2D eigenvalue weighted by Gasteiger charge is -2.55. The van der Waals surface area contributed by atoms with Crippen LogP contribution in [0, 0.1) is 5.41 Å². The third-order valence-corrected chi connectivity index (χ3v) is 6.72. The summed E-state index contributed by atoms with van der Waals surface area (Å²) in [7, 11) is 0. The molecule has 1 aliphatic heterocycles. The highest BCUT2D eigenvalue weighted by Gasteiger charge is 2.53. The van der Waals surface area contributed by atoms with Crippen LogP contribution in [0.3, 0.4) is 0 Å². The van der Waals surface area contributed by atoms with Crippen LogP contribution in [0.5, 0.6) is 0 Å². The van der Waals surface area contributed by atoms with E-state index in [9.17, 15) is 0 Å². The summed E-state index contributed by atoms with van der Waals surface area (Å²) in [6.07, 6.45) is 3.76. The Morgan fingerprint density at radius 2 is 1.70 bits per heavy atom. The first-order chi connectivity index (χ1) is 13.1. The summed E-state index contributed by atoms with van der Waals surface area (Å²) >= 11 is 0. The Morgan fingerprint density at radius 1 is 1.04 bits per heavy atom. The Kier molecular flexibility index (Phi) is 9.33. The van der Waals surface area contributed by atoms with Crippen molar-refractivity contribution in [2.75, 3.05) is 59.0 Å². The molecule has 2 atom stereocenters. The summed E-state index contributed by atoms with van der Waals surface area (Å²) in [6, 6.07) is 0.454. The van der Waals surface area contributed by atoms with E-state index in [-0.39, 0.29) is 5.41 Å². The van der Waals surface area contributed by atoms with E-state index in [1.54, 1.807) is 0 Å². The highest BCUT2D eigenvalue weighted by molar-refractivity contribution is 5.80. The van der Waals surface area contributed by atoms with Crippen molar-refractivity contribution < 1.29 is 4.74 Å². The molecule has 27 heavy (non-hydrogen) atoms. The third-order valence-electron chi connectivity index (χ3n) is 6.72. The molecule has 2 unspecified atom stereocenters. The summed E-state index contributed by atoms with van der Waals surface area (Å²) in [5.74, 6) is 0.968. The Labute approximate surface area is 167 Å². The van der Waals surface area contributed by atoms with E-state index in [4.69, 9.17) is 9.73 Å². The van der Waals surface area contributed by atoms with Crippen molar-refractivity contribution in [3.8, 4) is 0 Å². The maximum absolute atomic E-state index is 6.01. The first kappa shape index (κ1) is 22.4. The molecule has 1 aliphatic carbocycles. The van der Waals surface area contributed by atoms with Crippen LogP contribution in [0.4, 0.5) is 0 Å².